The van der Waals surface area contributed by atoms with E-state index in [9.17, 15) is 4.79 Å². The topological polar surface area (TPSA) is 45.5 Å². The maximum Gasteiger partial charge on any atom is 0.224 e. The third kappa shape index (κ3) is 4.45. The Morgan fingerprint density at radius 1 is 1.14 bits per heavy atom. The molecule has 1 aliphatic rings. The number of fused-ring (bicyclic) bond motifs is 2. The van der Waals surface area contributed by atoms with Gasteiger partial charge in [0, 0.05) is 24.0 Å². The second-order valence-corrected chi connectivity index (χ2v) is 7.84. The van der Waals surface area contributed by atoms with Crippen molar-refractivity contribution in [2.45, 2.75) is 38.6 Å². The second kappa shape index (κ2) is 8.61. The number of carbonyl (C=O) groups excluding carboxylic acids is 1. The first-order valence-electron chi connectivity index (χ1n) is 10.2. The number of amides is 1. The van der Waals surface area contributed by atoms with Crippen molar-refractivity contribution in [2.75, 3.05) is 20.1 Å². The Balaban J connectivity index is 1.23. The Hall–Kier alpha value is -2.59. The van der Waals surface area contributed by atoms with Crippen molar-refractivity contribution >= 4 is 16.9 Å². The van der Waals surface area contributed by atoms with Crippen LogP contribution in [-0.4, -0.2) is 30.9 Å². The zero-order valence-electron chi connectivity index (χ0n) is 16.5. The van der Waals surface area contributed by atoms with E-state index in [4.69, 9.17) is 4.42 Å². The third-order valence-corrected chi connectivity index (χ3v) is 5.55. The lowest BCUT2D eigenvalue weighted by Crippen LogP contribution is -2.29. The molecule has 0 atom stereocenters. The van der Waals surface area contributed by atoms with Crippen LogP contribution in [0.25, 0.3) is 11.0 Å². The van der Waals surface area contributed by atoms with Crippen LogP contribution < -0.4 is 5.32 Å². The number of hydrogen-bond donors (Lipinski definition) is 1. The minimum atomic E-state index is 0.0638. The Morgan fingerprint density at radius 2 is 1.93 bits per heavy atom. The average Bonchev–Trinajstić information content (AvgIpc) is 3.31. The molecule has 1 aliphatic carbocycles. The molecule has 0 bridgehead atoms. The van der Waals surface area contributed by atoms with Crippen LogP contribution >= 0.6 is 0 Å². The van der Waals surface area contributed by atoms with E-state index in [2.05, 4.69) is 53.7 Å². The molecule has 2 aromatic carbocycles. The maximum atomic E-state index is 12.4. The normalized spacial score (nSPS) is 13.2. The Labute approximate surface area is 166 Å². The second-order valence-electron chi connectivity index (χ2n) is 7.84. The van der Waals surface area contributed by atoms with E-state index in [-0.39, 0.29) is 5.91 Å². The van der Waals surface area contributed by atoms with E-state index in [1.54, 1.807) is 6.26 Å². The number of nitrogens with zero attached hydrogens (tertiary/aromatic N) is 1. The highest BCUT2D eigenvalue weighted by molar-refractivity contribution is 5.88. The average molecular weight is 377 g/mol. The summed E-state index contributed by atoms with van der Waals surface area (Å²) in [6.45, 7) is 2.58. The summed E-state index contributed by atoms with van der Waals surface area (Å²) in [5.74, 6) is 0.0638. The van der Waals surface area contributed by atoms with Crippen molar-refractivity contribution in [1.82, 2.24) is 10.2 Å². The summed E-state index contributed by atoms with van der Waals surface area (Å²) in [6, 6.07) is 14.8. The van der Waals surface area contributed by atoms with Crippen LogP contribution in [-0.2, 0) is 30.6 Å². The summed E-state index contributed by atoms with van der Waals surface area (Å²) < 4.78 is 5.70. The third-order valence-electron chi connectivity index (χ3n) is 5.55. The molecule has 1 N–H and O–H groups in total. The molecule has 146 valence electrons. The van der Waals surface area contributed by atoms with Crippen molar-refractivity contribution < 1.29 is 9.21 Å². The fourth-order valence-corrected chi connectivity index (χ4v) is 4.07. The van der Waals surface area contributed by atoms with Gasteiger partial charge in [-0.15, -0.1) is 0 Å². The highest BCUT2D eigenvalue weighted by atomic mass is 16.3. The summed E-state index contributed by atoms with van der Waals surface area (Å²) in [4.78, 5) is 14.6. The standard InChI is InChI=1S/C24H28N2O2/c1-26(16-18-7-3-2-4-8-18)12-6-11-25-24(27)15-21-17-28-23-14-20-10-5-9-19(20)13-22(21)23/h2-4,7-8,13-14,17H,5-6,9-12,15-16H2,1H3,(H,25,27). The minimum Gasteiger partial charge on any atom is -0.464 e. The molecule has 0 spiro atoms. The zero-order chi connectivity index (χ0) is 19.3. The van der Waals surface area contributed by atoms with Gasteiger partial charge in [0.15, 0.2) is 0 Å². The summed E-state index contributed by atoms with van der Waals surface area (Å²) in [7, 11) is 2.12. The number of benzene rings is 2. The smallest absolute Gasteiger partial charge is 0.224 e. The van der Waals surface area contributed by atoms with Crippen LogP contribution in [0, 0.1) is 0 Å². The van der Waals surface area contributed by atoms with E-state index in [1.807, 2.05) is 6.07 Å². The molecule has 0 saturated carbocycles. The van der Waals surface area contributed by atoms with Crippen molar-refractivity contribution in [3.63, 3.8) is 0 Å². The van der Waals surface area contributed by atoms with Crippen LogP contribution in [0.3, 0.4) is 0 Å². The number of hydrogen-bond acceptors (Lipinski definition) is 3. The molecular weight excluding hydrogens is 348 g/mol. The summed E-state index contributed by atoms with van der Waals surface area (Å²) in [5.41, 5.74) is 6.02. The maximum absolute atomic E-state index is 12.4. The van der Waals surface area contributed by atoms with Crippen LogP contribution in [0.1, 0.15) is 35.1 Å². The van der Waals surface area contributed by atoms with Gasteiger partial charge in [0.1, 0.15) is 5.58 Å². The number of rotatable bonds is 8. The van der Waals surface area contributed by atoms with Gasteiger partial charge in [0.25, 0.3) is 0 Å². The van der Waals surface area contributed by atoms with Gasteiger partial charge in [-0.3, -0.25) is 4.79 Å². The Morgan fingerprint density at radius 3 is 2.75 bits per heavy atom. The van der Waals surface area contributed by atoms with E-state index in [0.29, 0.717) is 13.0 Å². The first kappa shape index (κ1) is 18.8. The van der Waals surface area contributed by atoms with E-state index in [0.717, 1.165) is 48.9 Å². The molecule has 0 fully saturated rings. The summed E-state index contributed by atoms with van der Waals surface area (Å²) in [6.07, 6.45) is 6.56. The molecule has 1 amide bonds. The van der Waals surface area contributed by atoms with Crippen LogP contribution in [0.4, 0.5) is 0 Å². The largest absolute Gasteiger partial charge is 0.464 e. The van der Waals surface area contributed by atoms with E-state index >= 15 is 0 Å². The predicted molar refractivity (Wildman–Crippen MR) is 112 cm³/mol. The van der Waals surface area contributed by atoms with Crippen molar-refractivity contribution in [2.24, 2.45) is 0 Å². The monoisotopic (exact) mass is 376 g/mol. The molecule has 3 aromatic rings. The van der Waals surface area contributed by atoms with Crippen molar-refractivity contribution in [3.05, 3.63) is 71.0 Å². The molecular formula is C24H28N2O2. The van der Waals surface area contributed by atoms with Gasteiger partial charge in [-0.2, -0.15) is 0 Å². The van der Waals surface area contributed by atoms with Gasteiger partial charge in [-0.05, 0) is 68.1 Å². The fraction of sp³-hybridized carbons (Fsp3) is 0.375. The minimum absolute atomic E-state index is 0.0638. The molecule has 0 unspecified atom stereocenters. The lowest BCUT2D eigenvalue weighted by molar-refractivity contribution is -0.120. The molecule has 0 saturated heterocycles. The predicted octanol–water partition coefficient (Wildman–Crippen LogP) is 4.10. The number of nitrogens with one attached hydrogen (secondary N) is 1. The number of aryl methyl sites for hydroxylation is 2. The highest BCUT2D eigenvalue weighted by Gasteiger charge is 2.16. The van der Waals surface area contributed by atoms with Gasteiger partial charge in [-0.25, -0.2) is 0 Å². The molecule has 4 nitrogen and oxygen atoms in total. The lowest BCUT2D eigenvalue weighted by atomic mass is 10.0. The summed E-state index contributed by atoms with van der Waals surface area (Å²) >= 11 is 0. The van der Waals surface area contributed by atoms with Crippen molar-refractivity contribution in [1.29, 1.82) is 0 Å². The molecule has 0 radical (unpaired) electrons. The molecule has 4 heteroatoms. The number of carbonyl (C=O) groups is 1. The molecule has 0 aliphatic heterocycles. The van der Waals surface area contributed by atoms with Crippen LogP contribution in [0.15, 0.2) is 53.1 Å². The Bertz CT molecular complexity index is 946. The lowest BCUT2D eigenvalue weighted by Gasteiger charge is -2.16. The first-order chi connectivity index (χ1) is 13.7. The van der Waals surface area contributed by atoms with E-state index in [1.165, 1.54) is 23.1 Å². The van der Waals surface area contributed by atoms with Crippen LogP contribution in [0.2, 0.25) is 0 Å². The Kier molecular flexibility index (Phi) is 5.77. The van der Waals surface area contributed by atoms with Crippen molar-refractivity contribution in [3.8, 4) is 0 Å². The quantitative estimate of drug-likeness (QED) is 0.602. The SMILES string of the molecule is CN(CCCNC(=O)Cc1coc2cc3c(cc12)CCC3)Cc1ccccc1. The van der Waals surface area contributed by atoms with Gasteiger partial charge < -0.3 is 14.6 Å². The van der Waals surface area contributed by atoms with E-state index < -0.39 is 0 Å². The summed E-state index contributed by atoms with van der Waals surface area (Å²) in [5, 5.41) is 4.15. The van der Waals surface area contributed by atoms with Crippen LogP contribution in [0.5, 0.6) is 0 Å². The van der Waals surface area contributed by atoms with Gasteiger partial charge in [-0.1, -0.05) is 30.3 Å². The van der Waals surface area contributed by atoms with Gasteiger partial charge in [0.2, 0.25) is 5.91 Å². The molecule has 28 heavy (non-hydrogen) atoms. The first-order valence-corrected chi connectivity index (χ1v) is 10.2. The number of furan rings is 1. The molecule has 4 rings (SSSR count). The van der Waals surface area contributed by atoms with Gasteiger partial charge >= 0.3 is 0 Å². The highest BCUT2D eigenvalue weighted by Crippen LogP contribution is 2.30. The zero-order valence-corrected chi connectivity index (χ0v) is 16.5. The molecule has 1 aromatic heterocycles. The fourth-order valence-electron chi connectivity index (χ4n) is 4.07. The van der Waals surface area contributed by atoms with Gasteiger partial charge in [0.05, 0.1) is 12.7 Å². The molecule has 1 heterocycles.